The Bertz CT molecular complexity index is 2710. The van der Waals surface area contributed by atoms with E-state index in [1.54, 1.807) is 6.07 Å². The minimum absolute atomic E-state index is 0.175. The van der Waals surface area contributed by atoms with E-state index in [1.807, 2.05) is 42.5 Å². The van der Waals surface area contributed by atoms with E-state index in [4.69, 9.17) is 6.57 Å². The van der Waals surface area contributed by atoms with Gasteiger partial charge in [0.15, 0.2) is 5.69 Å². The van der Waals surface area contributed by atoms with Crippen LogP contribution in [0.4, 0.5) is 18.9 Å². The molecule has 2 aromatic heterocycles. The van der Waals surface area contributed by atoms with Crippen LogP contribution >= 0.6 is 0 Å². The van der Waals surface area contributed by atoms with Crippen molar-refractivity contribution in [2.24, 2.45) is 0 Å². The molecule has 0 atom stereocenters. The molecular formula is C41H25F3N4. The van der Waals surface area contributed by atoms with Gasteiger partial charge in [-0.2, -0.15) is 18.4 Å². The lowest BCUT2D eigenvalue weighted by molar-refractivity contribution is -0.137. The Morgan fingerprint density at radius 1 is 0.625 bits per heavy atom. The molecule has 230 valence electrons. The van der Waals surface area contributed by atoms with Gasteiger partial charge in [0.05, 0.1) is 51.6 Å². The molecule has 2 heterocycles. The lowest BCUT2D eigenvalue weighted by atomic mass is 9.95. The van der Waals surface area contributed by atoms with Gasteiger partial charge in [0.25, 0.3) is 0 Å². The van der Waals surface area contributed by atoms with Gasteiger partial charge in [-0.3, -0.25) is 0 Å². The molecule has 0 saturated heterocycles. The van der Waals surface area contributed by atoms with Gasteiger partial charge in [-0.25, -0.2) is 4.85 Å². The first-order chi connectivity index (χ1) is 23.2. The summed E-state index contributed by atoms with van der Waals surface area (Å²) in [6.07, 6.45) is -4.61. The van der Waals surface area contributed by atoms with Crippen molar-refractivity contribution in [3.63, 3.8) is 0 Å². The quantitative estimate of drug-likeness (QED) is 0.179. The van der Waals surface area contributed by atoms with Gasteiger partial charge in [0.1, 0.15) is 0 Å². The standard InChI is InChI=1S/C41H25F3N4/c1-24-10-8-16-35-39(24)29-12-4-6-14-33(29)47(35)37-20-26(23-45)31(28-19-18-27(41(42,43)44)21-32(28)46-3)22-38(37)48-34-15-7-5-13-30(34)40-25(2)11-9-17-36(40)48/h4-22H,1-2H3. The maximum Gasteiger partial charge on any atom is 0.415 e. The van der Waals surface area contributed by atoms with Gasteiger partial charge >= 0.3 is 6.18 Å². The highest BCUT2D eigenvalue weighted by Crippen LogP contribution is 2.44. The molecule has 0 aliphatic carbocycles. The summed E-state index contributed by atoms with van der Waals surface area (Å²) in [7, 11) is 0. The number of nitrogens with zero attached hydrogens (tertiary/aromatic N) is 4. The summed E-state index contributed by atoms with van der Waals surface area (Å²) in [6.45, 7) is 12.0. The Kier molecular flexibility index (Phi) is 6.44. The smallest absolute Gasteiger partial charge is 0.307 e. The topological polar surface area (TPSA) is 38.0 Å². The van der Waals surface area contributed by atoms with E-state index in [9.17, 15) is 18.4 Å². The highest BCUT2D eigenvalue weighted by molar-refractivity contribution is 6.13. The van der Waals surface area contributed by atoms with Crippen molar-refractivity contribution in [3.8, 4) is 28.6 Å². The second kappa shape index (κ2) is 10.6. The fraction of sp³-hybridized carbons (Fsp3) is 0.0732. The molecular weight excluding hydrogens is 605 g/mol. The van der Waals surface area contributed by atoms with Gasteiger partial charge in [-0.05, 0) is 78.6 Å². The lowest BCUT2D eigenvalue weighted by Gasteiger charge is -2.20. The van der Waals surface area contributed by atoms with Crippen LogP contribution in [0, 0.1) is 31.8 Å². The molecule has 0 radical (unpaired) electrons. The summed E-state index contributed by atoms with van der Waals surface area (Å²) < 4.78 is 45.4. The van der Waals surface area contributed by atoms with Gasteiger partial charge in [0, 0.05) is 27.1 Å². The Morgan fingerprint density at radius 3 is 1.67 bits per heavy atom. The molecule has 0 unspecified atom stereocenters. The highest BCUT2D eigenvalue weighted by atomic mass is 19.4. The third-order valence-electron chi connectivity index (χ3n) is 9.26. The lowest BCUT2D eigenvalue weighted by Crippen LogP contribution is -2.06. The summed E-state index contributed by atoms with van der Waals surface area (Å²) in [5.41, 5.74) is 7.26. The number of nitriles is 1. The number of halogens is 3. The summed E-state index contributed by atoms with van der Waals surface area (Å²) in [6, 6.07) is 37.7. The maximum absolute atomic E-state index is 13.7. The minimum Gasteiger partial charge on any atom is -0.307 e. The van der Waals surface area contributed by atoms with E-state index >= 15 is 0 Å². The summed E-state index contributed by atoms with van der Waals surface area (Å²) in [4.78, 5) is 3.49. The molecule has 7 heteroatoms. The molecule has 0 saturated carbocycles. The SMILES string of the molecule is [C-]#[N+]c1cc(C(F)(F)F)ccc1-c1cc(-n2c3ccccc3c3c(C)cccc32)c(-n2c3ccccc3c3c(C)cccc32)cc1C#N. The molecule has 0 aliphatic rings. The Morgan fingerprint density at radius 2 is 1.15 bits per heavy atom. The molecule has 0 aliphatic heterocycles. The summed E-state index contributed by atoms with van der Waals surface area (Å²) in [5.74, 6) is 0. The summed E-state index contributed by atoms with van der Waals surface area (Å²) >= 11 is 0. The number of fused-ring (bicyclic) bond motifs is 6. The van der Waals surface area contributed by atoms with Crippen LogP contribution < -0.4 is 0 Å². The number of benzene rings is 6. The van der Waals surface area contributed by atoms with Crippen molar-refractivity contribution in [1.82, 2.24) is 9.13 Å². The first-order valence-corrected chi connectivity index (χ1v) is 15.4. The monoisotopic (exact) mass is 630 g/mol. The van der Waals surface area contributed by atoms with E-state index in [-0.39, 0.29) is 16.8 Å². The van der Waals surface area contributed by atoms with Crippen molar-refractivity contribution in [3.05, 3.63) is 149 Å². The van der Waals surface area contributed by atoms with Crippen LogP contribution in [0.2, 0.25) is 0 Å². The fourth-order valence-electron chi connectivity index (χ4n) is 7.20. The van der Waals surface area contributed by atoms with E-state index in [1.165, 1.54) is 6.07 Å². The number of hydrogen-bond acceptors (Lipinski definition) is 1. The van der Waals surface area contributed by atoms with Crippen molar-refractivity contribution in [2.45, 2.75) is 20.0 Å². The Labute approximate surface area is 273 Å². The van der Waals surface area contributed by atoms with Crippen LogP contribution in [0.3, 0.4) is 0 Å². The van der Waals surface area contributed by atoms with Crippen molar-refractivity contribution in [2.75, 3.05) is 0 Å². The fourth-order valence-corrected chi connectivity index (χ4v) is 7.20. The van der Waals surface area contributed by atoms with E-state index in [2.05, 4.69) is 82.4 Å². The van der Waals surface area contributed by atoms with Gasteiger partial charge in [0.2, 0.25) is 0 Å². The predicted molar refractivity (Wildman–Crippen MR) is 186 cm³/mol. The molecule has 8 rings (SSSR count). The number of para-hydroxylation sites is 2. The first kappa shape index (κ1) is 29.1. The summed E-state index contributed by atoms with van der Waals surface area (Å²) in [5, 5.41) is 14.9. The highest BCUT2D eigenvalue weighted by Gasteiger charge is 2.31. The third-order valence-corrected chi connectivity index (χ3v) is 9.26. The zero-order chi connectivity index (χ0) is 33.3. The minimum atomic E-state index is -4.61. The Hall–Kier alpha value is -6.31. The third kappa shape index (κ3) is 4.22. The second-order valence-corrected chi connectivity index (χ2v) is 12.0. The molecule has 0 N–H and O–H groups in total. The average Bonchev–Trinajstić information content (AvgIpc) is 3.61. The Balaban J connectivity index is 1.57. The number of aryl methyl sites for hydroxylation is 2. The maximum atomic E-state index is 13.7. The zero-order valence-corrected chi connectivity index (χ0v) is 25.9. The van der Waals surface area contributed by atoms with Crippen LogP contribution in [-0.2, 0) is 6.18 Å². The van der Waals surface area contributed by atoms with Crippen molar-refractivity contribution < 1.29 is 13.2 Å². The van der Waals surface area contributed by atoms with Gasteiger partial charge < -0.3 is 9.13 Å². The number of rotatable bonds is 3. The number of aromatic nitrogens is 2. The van der Waals surface area contributed by atoms with Crippen LogP contribution in [0.5, 0.6) is 0 Å². The van der Waals surface area contributed by atoms with E-state index < -0.39 is 11.7 Å². The van der Waals surface area contributed by atoms with Gasteiger partial charge in [-0.15, -0.1) is 0 Å². The van der Waals surface area contributed by atoms with Crippen LogP contribution in [0.15, 0.2) is 115 Å². The molecule has 0 bridgehead atoms. The van der Waals surface area contributed by atoms with Gasteiger partial charge in [-0.1, -0.05) is 72.8 Å². The number of alkyl halides is 3. The normalized spacial score (nSPS) is 11.8. The first-order valence-electron chi connectivity index (χ1n) is 15.4. The molecule has 6 aromatic carbocycles. The van der Waals surface area contributed by atoms with Crippen molar-refractivity contribution in [1.29, 1.82) is 5.26 Å². The predicted octanol–water partition coefficient (Wildman–Crippen LogP) is 11.6. The van der Waals surface area contributed by atoms with Crippen LogP contribution in [-0.4, -0.2) is 9.13 Å². The molecule has 0 fully saturated rings. The van der Waals surface area contributed by atoms with Crippen molar-refractivity contribution >= 4 is 49.3 Å². The molecule has 48 heavy (non-hydrogen) atoms. The molecule has 0 amide bonds. The molecule has 4 nitrogen and oxygen atoms in total. The van der Waals surface area contributed by atoms with E-state index in [0.717, 1.165) is 78.2 Å². The van der Waals surface area contributed by atoms with E-state index in [0.29, 0.717) is 5.56 Å². The van der Waals surface area contributed by atoms with Crippen LogP contribution in [0.1, 0.15) is 22.3 Å². The molecule has 0 spiro atoms. The zero-order valence-electron chi connectivity index (χ0n) is 25.9. The second-order valence-electron chi connectivity index (χ2n) is 12.0. The number of hydrogen-bond donors (Lipinski definition) is 0. The average molecular weight is 631 g/mol. The largest absolute Gasteiger partial charge is 0.415 e. The molecule has 8 aromatic rings. The van der Waals surface area contributed by atoms with Crippen LogP contribution in [0.25, 0.3) is 71.0 Å².